The minimum absolute atomic E-state index is 0.0231. The van der Waals surface area contributed by atoms with Gasteiger partial charge < -0.3 is 30.7 Å². The highest BCUT2D eigenvalue weighted by Crippen LogP contribution is 2.42. The molecule has 0 unspecified atom stereocenters. The van der Waals surface area contributed by atoms with Crippen LogP contribution in [0.4, 0.5) is 0 Å². The summed E-state index contributed by atoms with van der Waals surface area (Å²) in [4.78, 5) is 22.0. The maximum Gasteiger partial charge on any atom is 0.320 e. The Morgan fingerprint density at radius 1 is 1.31 bits per heavy atom. The van der Waals surface area contributed by atoms with Gasteiger partial charge in [0.15, 0.2) is 0 Å². The van der Waals surface area contributed by atoms with Crippen LogP contribution in [0.25, 0.3) is 0 Å². The van der Waals surface area contributed by atoms with Crippen molar-refractivity contribution in [1.82, 2.24) is 4.90 Å². The Labute approximate surface area is 172 Å². The second-order valence-corrected chi connectivity index (χ2v) is 7.74. The van der Waals surface area contributed by atoms with Crippen molar-refractivity contribution >= 4 is 11.9 Å². The summed E-state index contributed by atoms with van der Waals surface area (Å²) in [5, 5.41) is 27.5. The van der Waals surface area contributed by atoms with Crippen LogP contribution in [0, 0.1) is 5.92 Å². The predicted molar refractivity (Wildman–Crippen MR) is 110 cm³/mol. The van der Waals surface area contributed by atoms with Gasteiger partial charge in [0.25, 0.3) is 0 Å². The van der Waals surface area contributed by atoms with Gasteiger partial charge in [-0.1, -0.05) is 25.0 Å². The fraction of sp³-hybridized carbons (Fsp3) is 0.619. The molecule has 3 atom stereocenters. The molecule has 0 saturated heterocycles. The van der Waals surface area contributed by atoms with Crippen molar-refractivity contribution in [2.45, 2.75) is 50.2 Å². The summed E-state index contributed by atoms with van der Waals surface area (Å²) in [5.74, 6) is -1.08. The van der Waals surface area contributed by atoms with Gasteiger partial charge in [-0.2, -0.15) is 0 Å². The maximum absolute atomic E-state index is 11.2. The van der Waals surface area contributed by atoms with E-state index in [0.717, 1.165) is 37.1 Å². The molecule has 29 heavy (non-hydrogen) atoms. The first kappa shape index (κ1) is 24.9. The number of aliphatic carboxylic acids is 2. The lowest BCUT2D eigenvalue weighted by molar-refractivity contribution is -0.139. The summed E-state index contributed by atoms with van der Waals surface area (Å²) in [6.07, 6.45) is 4.02. The molecule has 1 aliphatic rings. The molecule has 1 fully saturated rings. The van der Waals surface area contributed by atoms with Crippen LogP contribution in [-0.4, -0.2) is 65.9 Å². The van der Waals surface area contributed by atoms with Crippen LogP contribution in [0.5, 0.6) is 5.75 Å². The van der Waals surface area contributed by atoms with Crippen LogP contribution in [0.2, 0.25) is 0 Å². The van der Waals surface area contributed by atoms with Crippen molar-refractivity contribution in [3.63, 3.8) is 0 Å². The van der Waals surface area contributed by atoms with Gasteiger partial charge in [0, 0.05) is 18.9 Å². The van der Waals surface area contributed by atoms with E-state index in [0.29, 0.717) is 5.92 Å². The Bertz CT molecular complexity index is 666. The topological polar surface area (TPSA) is 133 Å². The number of carbonyl (C=O) groups is 2. The predicted octanol–water partition coefficient (Wildman–Crippen LogP) is 1.90. The molecule has 2 rings (SSSR count). The molecule has 0 aliphatic heterocycles. The smallest absolute Gasteiger partial charge is 0.320 e. The van der Waals surface area contributed by atoms with E-state index in [1.807, 2.05) is 24.3 Å². The van der Waals surface area contributed by atoms with Gasteiger partial charge in [-0.25, -0.2) is 0 Å². The number of rotatable bonds is 8. The van der Waals surface area contributed by atoms with Crippen LogP contribution in [0.1, 0.15) is 44.1 Å². The fourth-order valence-corrected chi connectivity index (χ4v) is 3.59. The summed E-state index contributed by atoms with van der Waals surface area (Å²) in [7, 11) is 5.81. The van der Waals surface area contributed by atoms with E-state index in [1.54, 1.807) is 7.11 Å². The molecule has 0 aromatic heterocycles. The first-order valence-electron chi connectivity index (χ1n) is 9.82. The highest BCUT2D eigenvalue weighted by atomic mass is 16.5. The van der Waals surface area contributed by atoms with Crippen LogP contribution in [-0.2, 0) is 15.2 Å². The Morgan fingerprint density at radius 2 is 2.00 bits per heavy atom. The molecule has 1 aromatic rings. The van der Waals surface area contributed by atoms with E-state index in [9.17, 15) is 14.7 Å². The lowest BCUT2D eigenvalue weighted by Crippen LogP contribution is -2.43. The van der Waals surface area contributed by atoms with Gasteiger partial charge in [0.1, 0.15) is 11.8 Å². The molecule has 8 nitrogen and oxygen atoms in total. The van der Waals surface area contributed by atoms with Crippen molar-refractivity contribution in [1.29, 1.82) is 0 Å². The molecule has 1 aromatic carbocycles. The van der Waals surface area contributed by atoms with Crippen molar-refractivity contribution in [2.75, 3.05) is 27.7 Å². The number of carboxylic acid groups (broad SMARTS) is 2. The summed E-state index contributed by atoms with van der Waals surface area (Å²) in [5.41, 5.74) is 5.29. The highest BCUT2D eigenvalue weighted by molar-refractivity contribution is 5.74. The molecule has 8 heteroatoms. The van der Waals surface area contributed by atoms with Gasteiger partial charge in [-0.05, 0) is 51.1 Å². The summed E-state index contributed by atoms with van der Waals surface area (Å²) < 4.78 is 5.29. The number of ether oxygens (including phenoxy) is 1. The zero-order chi connectivity index (χ0) is 22.0. The third-order valence-electron chi connectivity index (χ3n) is 5.18. The number of aliphatic hydroxyl groups is 1. The number of methoxy groups -OCH3 is 1. The molecule has 0 heterocycles. The molecule has 0 spiro atoms. The van der Waals surface area contributed by atoms with E-state index in [1.165, 1.54) is 6.42 Å². The molecular weight excluding hydrogens is 376 g/mol. The van der Waals surface area contributed by atoms with Gasteiger partial charge in [-0.3, -0.25) is 9.59 Å². The number of carboxylic acids is 2. The molecule has 1 aliphatic carbocycles. The zero-order valence-electron chi connectivity index (χ0n) is 17.5. The second-order valence-electron chi connectivity index (χ2n) is 7.74. The summed E-state index contributed by atoms with van der Waals surface area (Å²) in [6, 6.07) is 6.84. The standard InChI is InChI=1S/C16H25NO2.C5H9NO4/c1-17(2)12-14-7-4-5-10-16(14,18)13-8-6-9-15(11-13)19-3;6-3(5(9)10)1-2-4(7)8/h6,8-9,11,14,18H,4-5,7,10,12H2,1-3H3;3H,1-2,6H2,(H,7,8)(H,9,10)/t14-,16+;3-/m10/s1. The summed E-state index contributed by atoms with van der Waals surface area (Å²) in [6.45, 7) is 0.924. The molecular formula is C21H34N2O6. The molecule has 1 saturated carbocycles. The molecule has 0 amide bonds. The quantitative estimate of drug-likeness (QED) is 0.511. The lowest BCUT2D eigenvalue weighted by atomic mass is 9.71. The van der Waals surface area contributed by atoms with E-state index in [2.05, 4.69) is 19.0 Å². The van der Waals surface area contributed by atoms with E-state index < -0.39 is 23.6 Å². The van der Waals surface area contributed by atoms with Crippen molar-refractivity contribution in [3.05, 3.63) is 29.8 Å². The number of benzene rings is 1. The Hall–Kier alpha value is -2.16. The fourth-order valence-electron chi connectivity index (χ4n) is 3.59. The van der Waals surface area contributed by atoms with Gasteiger partial charge in [-0.15, -0.1) is 0 Å². The Balaban J connectivity index is 0.000000359. The SMILES string of the molecule is COc1cccc([C@@]2(O)CCCC[C@@H]2CN(C)C)c1.N[C@@H](CCC(=O)O)C(=O)O. The number of hydrogen-bond donors (Lipinski definition) is 4. The van der Waals surface area contributed by atoms with Crippen LogP contribution in [0.3, 0.4) is 0 Å². The van der Waals surface area contributed by atoms with Crippen molar-refractivity contribution < 1.29 is 29.6 Å². The number of hydrogen-bond acceptors (Lipinski definition) is 6. The van der Waals surface area contributed by atoms with Crippen LogP contribution < -0.4 is 10.5 Å². The first-order valence-corrected chi connectivity index (χ1v) is 9.82. The van der Waals surface area contributed by atoms with Crippen molar-refractivity contribution in [3.8, 4) is 5.75 Å². The Kier molecular flexibility index (Phi) is 10.1. The highest BCUT2D eigenvalue weighted by Gasteiger charge is 2.40. The van der Waals surface area contributed by atoms with E-state index in [4.69, 9.17) is 20.7 Å². The minimum Gasteiger partial charge on any atom is -0.497 e. The molecule has 5 N–H and O–H groups in total. The third-order valence-corrected chi connectivity index (χ3v) is 5.18. The van der Waals surface area contributed by atoms with Crippen LogP contribution >= 0.6 is 0 Å². The van der Waals surface area contributed by atoms with Gasteiger partial charge in [0.2, 0.25) is 0 Å². The largest absolute Gasteiger partial charge is 0.497 e. The van der Waals surface area contributed by atoms with E-state index >= 15 is 0 Å². The van der Waals surface area contributed by atoms with Crippen LogP contribution in [0.15, 0.2) is 24.3 Å². The van der Waals surface area contributed by atoms with E-state index in [-0.39, 0.29) is 12.8 Å². The second kappa shape index (κ2) is 11.7. The average molecular weight is 411 g/mol. The molecule has 164 valence electrons. The maximum atomic E-state index is 11.2. The minimum atomic E-state index is -1.17. The number of nitrogens with two attached hydrogens (primary N) is 1. The van der Waals surface area contributed by atoms with Gasteiger partial charge >= 0.3 is 11.9 Å². The molecule has 0 bridgehead atoms. The lowest BCUT2D eigenvalue weighted by Gasteiger charge is -2.41. The zero-order valence-corrected chi connectivity index (χ0v) is 17.5. The Morgan fingerprint density at radius 3 is 2.55 bits per heavy atom. The molecule has 0 radical (unpaired) electrons. The van der Waals surface area contributed by atoms with Crippen molar-refractivity contribution in [2.24, 2.45) is 11.7 Å². The third kappa shape index (κ3) is 8.00. The normalized spacial score (nSPS) is 22.3. The average Bonchev–Trinajstić information content (AvgIpc) is 2.68. The first-order chi connectivity index (χ1) is 13.6. The summed E-state index contributed by atoms with van der Waals surface area (Å²) >= 11 is 0. The number of nitrogens with zero attached hydrogens (tertiary/aromatic N) is 1. The monoisotopic (exact) mass is 410 g/mol. The van der Waals surface area contributed by atoms with Gasteiger partial charge in [0.05, 0.1) is 12.7 Å².